The summed E-state index contributed by atoms with van der Waals surface area (Å²) in [4.78, 5) is 21.7. The minimum Gasteiger partial charge on any atom is -0.465 e. The highest BCUT2D eigenvalue weighted by Crippen LogP contribution is 2.26. The summed E-state index contributed by atoms with van der Waals surface area (Å²) >= 11 is 0. The molecule has 0 aromatic rings. The molecule has 1 unspecified atom stereocenters. The number of hydrogen-bond donors (Lipinski definition) is 0. The zero-order valence-corrected chi connectivity index (χ0v) is 11.8. The lowest BCUT2D eigenvalue weighted by molar-refractivity contribution is -0.150. The van der Waals surface area contributed by atoms with E-state index in [-0.39, 0.29) is 17.3 Å². The van der Waals surface area contributed by atoms with E-state index in [0.29, 0.717) is 18.9 Å². The van der Waals surface area contributed by atoms with Gasteiger partial charge in [0.05, 0.1) is 12.5 Å². The van der Waals surface area contributed by atoms with Crippen LogP contribution in [0.2, 0.25) is 0 Å². The molecule has 0 rings (SSSR count). The molecule has 0 aromatic carbocycles. The maximum absolute atomic E-state index is 11.4. The number of esters is 1. The third kappa shape index (κ3) is 7.94. The van der Waals surface area contributed by atoms with Crippen molar-refractivity contribution in [2.45, 2.75) is 53.9 Å². The third-order valence-electron chi connectivity index (χ3n) is 2.89. The van der Waals surface area contributed by atoms with Crippen LogP contribution in [0.3, 0.4) is 0 Å². The largest absolute Gasteiger partial charge is 0.465 e. The van der Waals surface area contributed by atoms with E-state index in [1.165, 1.54) is 0 Å². The SMILES string of the molecule is CC(CC=O)CCC(C)(C)COC(=O)C(C)C. The number of ether oxygens (including phenoxy) is 1. The van der Waals surface area contributed by atoms with Crippen LogP contribution in [-0.2, 0) is 14.3 Å². The molecule has 0 fully saturated rings. The average molecular weight is 242 g/mol. The number of carbonyl (C=O) groups excluding carboxylic acids is 2. The fourth-order valence-electron chi connectivity index (χ4n) is 1.42. The van der Waals surface area contributed by atoms with E-state index in [4.69, 9.17) is 4.74 Å². The Bertz CT molecular complexity index is 244. The monoisotopic (exact) mass is 242 g/mol. The number of aldehydes is 1. The van der Waals surface area contributed by atoms with Crippen LogP contribution >= 0.6 is 0 Å². The minimum atomic E-state index is -0.140. The van der Waals surface area contributed by atoms with E-state index in [9.17, 15) is 9.59 Å². The molecule has 0 saturated carbocycles. The molecular weight excluding hydrogens is 216 g/mol. The number of hydrogen-bond acceptors (Lipinski definition) is 3. The molecule has 0 heterocycles. The topological polar surface area (TPSA) is 43.4 Å². The van der Waals surface area contributed by atoms with Crippen molar-refractivity contribution in [1.29, 1.82) is 0 Å². The first-order chi connectivity index (χ1) is 7.78. The third-order valence-corrected chi connectivity index (χ3v) is 2.89. The summed E-state index contributed by atoms with van der Waals surface area (Å²) in [7, 11) is 0. The highest BCUT2D eigenvalue weighted by atomic mass is 16.5. The molecule has 0 bridgehead atoms. The summed E-state index contributed by atoms with van der Waals surface area (Å²) < 4.78 is 5.25. The van der Waals surface area contributed by atoms with Gasteiger partial charge in [0.1, 0.15) is 6.29 Å². The van der Waals surface area contributed by atoms with E-state index in [0.717, 1.165) is 19.1 Å². The smallest absolute Gasteiger partial charge is 0.308 e. The Morgan fingerprint density at radius 3 is 2.35 bits per heavy atom. The van der Waals surface area contributed by atoms with E-state index in [1.54, 1.807) is 0 Å². The second-order valence-corrected chi connectivity index (χ2v) is 5.97. The molecule has 0 aliphatic rings. The Kier molecular flexibility index (Phi) is 7.09. The molecule has 0 aliphatic carbocycles. The van der Waals surface area contributed by atoms with Crippen LogP contribution in [0.1, 0.15) is 53.9 Å². The van der Waals surface area contributed by atoms with Gasteiger partial charge in [-0.1, -0.05) is 34.6 Å². The molecule has 0 amide bonds. The van der Waals surface area contributed by atoms with Gasteiger partial charge in [-0.3, -0.25) is 4.79 Å². The average Bonchev–Trinajstić information content (AvgIpc) is 2.24. The van der Waals surface area contributed by atoms with E-state index >= 15 is 0 Å². The van der Waals surface area contributed by atoms with Crippen LogP contribution in [0.15, 0.2) is 0 Å². The highest BCUT2D eigenvalue weighted by Gasteiger charge is 2.22. The van der Waals surface area contributed by atoms with Gasteiger partial charge in [-0.15, -0.1) is 0 Å². The number of carbonyl (C=O) groups is 2. The van der Waals surface area contributed by atoms with Gasteiger partial charge in [0.25, 0.3) is 0 Å². The molecule has 0 spiro atoms. The maximum Gasteiger partial charge on any atom is 0.308 e. The number of rotatable bonds is 8. The minimum absolute atomic E-state index is 0.0122. The molecule has 1 atom stereocenters. The predicted molar refractivity (Wildman–Crippen MR) is 68.7 cm³/mol. The van der Waals surface area contributed by atoms with E-state index in [1.807, 2.05) is 13.8 Å². The Labute approximate surface area is 105 Å². The van der Waals surface area contributed by atoms with Crippen LogP contribution in [-0.4, -0.2) is 18.9 Å². The van der Waals surface area contributed by atoms with Gasteiger partial charge in [-0.05, 0) is 24.2 Å². The summed E-state index contributed by atoms with van der Waals surface area (Å²) in [5.74, 6) is 0.200. The summed E-state index contributed by atoms with van der Waals surface area (Å²) in [6.45, 7) is 10.4. The quantitative estimate of drug-likeness (QED) is 0.485. The fraction of sp³-hybridized carbons (Fsp3) is 0.857. The Hall–Kier alpha value is -0.860. The van der Waals surface area contributed by atoms with Crippen molar-refractivity contribution in [3.8, 4) is 0 Å². The first-order valence-corrected chi connectivity index (χ1v) is 6.39. The molecule has 3 nitrogen and oxygen atoms in total. The van der Waals surface area contributed by atoms with Gasteiger partial charge in [0.15, 0.2) is 0 Å². The maximum atomic E-state index is 11.4. The molecule has 3 heteroatoms. The molecule has 0 aliphatic heterocycles. The zero-order chi connectivity index (χ0) is 13.5. The Morgan fingerprint density at radius 2 is 1.88 bits per heavy atom. The lowest BCUT2D eigenvalue weighted by Gasteiger charge is -2.25. The molecule has 0 N–H and O–H groups in total. The van der Waals surface area contributed by atoms with E-state index < -0.39 is 0 Å². The van der Waals surface area contributed by atoms with Crippen LogP contribution < -0.4 is 0 Å². The first kappa shape index (κ1) is 16.1. The predicted octanol–water partition coefficient (Wildman–Crippen LogP) is 3.22. The van der Waals surface area contributed by atoms with Crippen molar-refractivity contribution in [2.24, 2.45) is 17.3 Å². The summed E-state index contributed by atoms with van der Waals surface area (Å²) in [5.41, 5.74) is -0.0122. The molecule has 0 saturated heterocycles. The lowest BCUT2D eigenvalue weighted by atomic mass is 9.85. The van der Waals surface area contributed by atoms with E-state index in [2.05, 4.69) is 20.8 Å². The van der Waals surface area contributed by atoms with Crippen molar-refractivity contribution >= 4 is 12.3 Å². The van der Waals surface area contributed by atoms with Crippen molar-refractivity contribution in [1.82, 2.24) is 0 Å². The zero-order valence-electron chi connectivity index (χ0n) is 11.8. The standard InChI is InChI=1S/C14H26O3/c1-11(2)13(16)17-10-14(4,5)8-6-12(3)7-9-15/h9,11-12H,6-8,10H2,1-5H3. The normalized spacial score (nSPS) is 13.5. The van der Waals surface area contributed by atoms with Crippen molar-refractivity contribution in [3.63, 3.8) is 0 Å². The van der Waals surface area contributed by atoms with Crippen LogP contribution in [0.5, 0.6) is 0 Å². The highest BCUT2D eigenvalue weighted by molar-refractivity contribution is 5.71. The molecule has 0 aromatic heterocycles. The van der Waals surface area contributed by atoms with Crippen molar-refractivity contribution < 1.29 is 14.3 Å². The molecule has 0 radical (unpaired) electrons. The van der Waals surface area contributed by atoms with Gasteiger partial charge < -0.3 is 9.53 Å². The van der Waals surface area contributed by atoms with Crippen molar-refractivity contribution in [3.05, 3.63) is 0 Å². The van der Waals surface area contributed by atoms with Gasteiger partial charge in [0, 0.05) is 6.42 Å². The summed E-state index contributed by atoms with van der Waals surface area (Å²) in [6.07, 6.45) is 3.54. The van der Waals surface area contributed by atoms with Crippen LogP contribution in [0.4, 0.5) is 0 Å². The van der Waals surface area contributed by atoms with Crippen LogP contribution in [0.25, 0.3) is 0 Å². The van der Waals surface area contributed by atoms with Gasteiger partial charge in [0.2, 0.25) is 0 Å². The van der Waals surface area contributed by atoms with Crippen LogP contribution in [0, 0.1) is 17.3 Å². The fourth-order valence-corrected chi connectivity index (χ4v) is 1.42. The molecular formula is C14H26O3. The van der Waals surface area contributed by atoms with Gasteiger partial charge in [-0.25, -0.2) is 0 Å². The lowest BCUT2D eigenvalue weighted by Crippen LogP contribution is -2.24. The Balaban J connectivity index is 3.94. The summed E-state index contributed by atoms with van der Waals surface area (Å²) in [5, 5.41) is 0. The van der Waals surface area contributed by atoms with Gasteiger partial charge in [-0.2, -0.15) is 0 Å². The van der Waals surface area contributed by atoms with Gasteiger partial charge >= 0.3 is 5.97 Å². The molecule has 17 heavy (non-hydrogen) atoms. The second kappa shape index (κ2) is 7.46. The Morgan fingerprint density at radius 1 is 1.29 bits per heavy atom. The molecule has 100 valence electrons. The second-order valence-electron chi connectivity index (χ2n) is 5.97. The summed E-state index contributed by atoms with van der Waals surface area (Å²) in [6, 6.07) is 0. The van der Waals surface area contributed by atoms with Crippen molar-refractivity contribution in [2.75, 3.05) is 6.61 Å². The first-order valence-electron chi connectivity index (χ1n) is 6.39.